The van der Waals surface area contributed by atoms with Gasteiger partial charge < -0.3 is 10.0 Å². The number of benzene rings is 1. The van der Waals surface area contributed by atoms with Crippen LogP contribution >= 0.6 is 0 Å². The lowest BCUT2D eigenvalue weighted by Crippen LogP contribution is -2.28. The number of aryl methyl sites for hydroxylation is 1. The molecule has 2 aromatic rings. The van der Waals surface area contributed by atoms with Crippen LogP contribution in [0.2, 0.25) is 0 Å². The Labute approximate surface area is 140 Å². The largest absolute Gasteiger partial charge is 0.478 e. The van der Waals surface area contributed by atoms with Gasteiger partial charge in [0.25, 0.3) is 0 Å². The van der Waals surface area contributed by atoms with Gasteiger partial charge in [-0.15, -0.1) is 0 Å². The first-order chi connectivity index (χ1) is 11.5. The van der Waals surface area contributed by atoms with E-state index in [2.05, 4.69) is 9.97 Å². The summed E-state index contributed by atoms with van der Waals surface area (Å²) in [5.74, 6) is -0.394. The number of aromatic nitrogens is 2. The maximum absolute atomic E-state index is 11.8. The Morgan fingerprint density at radius 3 is 2.71 bits per heavy atom. The average molecular weight is 325 g/mol. The van der Waals surface area contributed by atoms with E-state index >= 15 is 0 Å². The number of likely N-dealkylation sites (tertiary alicyclic amines) is 1. The highest BCUT2D eigenvalue weighted by Gasteiger charge is 2.29. The summed E-state index contributed by atoms with van der Waals surface area (Å²) in [6.07, 6.45) is 1.80. The maximum atomic E-state index is 11.8. The van der Waals surface area contributed by atoms with Crippen LogP contribution in [0.5, 0.6) is 0 Å². The van der Waals surface area contributed by atoms with Gasteiger partial charge in [-0.05, 0) is 31.9 Å². The van der Waals surface area contributed by atoms with Crippen molar-refractivity contribution in [2.45, 2.75) is 32.7 Å². The van der Waals surface area contributed by atoms with Crippen LogP contribution < -0.4 is 0 Å². The first-order valence-electron chi connectivity index (χ1n) is 7.93. The molecule has 0 bridgehead atoms. The molecule has 1 amide bonds. The van der Waals surface area contributed by atoms with Crippen molar-refractivity contribution in [1.82, 2.24) is 14.9 Å². The van der Waals surface area contributed by atoms with E-state index in [1.54, 1.807) is 44.2 Å². The summed E-state index contributed by atoms with van der Waals surface area (Å²) in [4.78, 5) is 34.0. The van der Waals surface area contributed by atoms with E-state index in [1.165, 1.54) is 0 Å². The second-order valence-electron chi connectivity index (χ2n) is 5.95. The van der Waals surface area contributed by atoms with E-state index < -0.39 is 5.97 Å². The van der Waals surface area contributed by atoms with Crippen LogP contribution in [0.4, 0.5) is 0 Å². The Morgan fingerprint density at radius 2 is 2.00 bits per heavy atom. The number of amides is 1. The van der Waals surface area contributed by atoms with Crippen LogP contribution in [-0.2, 0) is 4.79 Å². The number of nitrogens with zero attached hydrogens (tertiary/aromatic N) is 3. The Balaban J connectivity index is 2.08. The van der Waals surface area contributed by atoms with Crippen LogP contribution in [0.25, 0.3) is 11.3 Å². The van der Waals surface area contributed by atoms with Gasteiger partial charge in [0.15, 0.2) is 0 Å². The summed E-state index contributed by atoms with van der Waals surface area (Å²) in [7, 11) is 0. The second-order valence-corrected chi connectivity index (χ2v) is 5.95. The third-order valence-electron chi connectivity index (χ3n) is 4.29. The Bertz CT molecular complexity index is 804. The van der Waals surface area contributed by atoms with Gasteiger partial charge in [0, 0.05) is 19.0 Å². The van der Waals surface area contributed by atoms with Crippen LogP contribution in [0.3, 0.4) is 0 Å². The molecular weight excluding hydrogens is 306 g/mol. The predicted octanol–water partition coefficient (Wildman–Crippen LogP) is 2.83. The summed E-state index contributed by atoms with van der Waals surface area (Å²) >= 11 is 0. The molecule has 0 spiro atoms. The van der Waals surface area contributed by atoms with E-state index in [4.69, 9.17) is 0 Å². The van der Waals surface area contributed by atoms with E-state index in [0.29, 0.717) is 17.1 Å². The number of carboxylic acid groups (broad SMARTS) is 1. The standard InChI is InChI=1S/C18H19N3O3/c1-11-19-15(13-6-3-4-7-14(13)18(23)24)10-16(20-11)17-8-5-9-21(17)12(2)22/h3-4,6-7,10,17H,5,8-9H2,1-2H3,(H,23,24). The van der Waals surface area contributed by atoms with Crippen molar-refractivity contribution in [3.8, 4) is 11.3 Å². The predicted molar refractivity (Wildman–Crippen MR) is 88.5 cm³/mol. The minimum atomic E-state index is -0.991. The number of aromatic carboxylic acids is 1. The summed E-state index contributed by atoms with van der Waals surface area (Å²) < 4.78 is 0. The number of carboxylic acids is 1. The van der Waals surface area contributed by atoms with Crippen molar-refractivity contribution < 1.29 is 14.7 Å². The van der Waals surface area contributed by atoms with Crippen molar-refractivity contribution in [3.05, 3.63) is 47.4 Å². The molecule has 1 unspecified atom stereocenters. The van der Waals surface area contributed by atoms with Gasteiger partial charge >= 0.3 is 5.97 Å². The first-order valence-corrected chi connectivity index (χ1v) is 7.93. The van der Waals surface area contributed by atoms with Gasteiger partial charge in [0.1, 0.15) is 5.82 Å². The molecule has 1 atom stereocenters. The molecular formula is C18H19N3O3. The zero-order valence-electron chi connectivity index (χ0n) is 13.7. The van der Waals surface area contributed by atoms with E-state index in [-0.39, 0.29) is 17.5 Å². The van der Waals surface area contributed by atoms with Crippen molar-refractivity contribution in [2.24, 2.45) is 0 Å². The van der Waals surface area contributed by atoms with Gasteiger partial charge in [-0.1, -0.05) is 18.2 Å². The molecule has 1 fully saturated rings. The smallest absolute Gasteiger partial charge is 0.336 e. The van der Waals surface area contributed by atoms with Gasteiger partial charge in [-0.2, -0.15) is 0 Å². The van der Waals surface area contributed by atoms with Crippen LogP contribution in [0.15, 0.2) is 30.3 Å². The molecule has 24 heavy (non-hydrogen) atoms. The quantitative estimate of drug-likeness (QED) is 0.938. The Morgan fingerprint density at radius 1 is 1.25 bits per heavy atom. The number of carbonyl (C=O) groups is 2. The molecule has 1 saturated heterocycles. The van der Waals surface area contributed by atoms with Crippen molar-refractivity contribution >= 4 is 11.9 Å². The molecule has 1 aliphatic rings. The molecule has 0 saturated carbocycles. The summed E-state index contributed by atoms with van der Waals surface area (Å²) in [6.45, 7) is 4.07. The lowest BCUT2D eigenvalue weighted by Gasteiger charge is -2.23. The van der Waals surface area contributed by atoms with Crippen LogP contribution in [0.1, 0.15) is 47.7 Å². The zero-order chi connectivity index (χ0) is 17.3. The third kappa shape index (κ3) is 2.99. The fourth-order valence-electron chi connectivity index (χ4n) is 3.24. The molecule has 6 nitrogen and oxygen atoms in total. The first kappa shape index (κ1) is 16.1. The van der Waals surface area contributed by atoms with Crippen LogP contribution in [0, 0.1) is 6.92 Å². The molecule has 0 radical (unpaired) electrons. The zero-order valence-corrected chi connectivity index (χ0v) is 13.7. The molecule has 2 heterocycles. The normalized spacial score (nSPS) is 17.1. The summed E-state index contributed by atoms with van der Waals surface area (Å²) in [6, 6.07) is 8.52. The summed E-state index contributed by atoms with van der Waals surface area (Å²) in [5, 5.41) is 9.40. The molecule has 6 heteroatoms. The third-order valence-corrected chi connectivity index (χ3v) is 4.29. The molecule has 1 aliphatic heterocycles. The number of hydrogen-bond donors (Lipinski definition) is 1. The molecule has 1 aromatic heterocycles. The molecule has 1 aromatic carbocycles. The Hall–Kier alpha value is -2.76. The molecule has 1 N–H and O–H groups in total. The number of carbonyl (C=O) groups excluding carboxylic acids is 1. The summed E-state index contributed by atoms with van der Waals surface area (Å²) in [5.41, 5.74) is 2.11. The SMILES string of the molecule is CC(=O)N1CCCC1c1cc(-c2ccccc2C(=O)O)nc(C)n1. The lowest BCUT2D eigenvalue weighted by molar-refractivity contribution is -0.129. The second kappa shape index (κ2) is 6.39. The van der Waals surface area contributed by atoms with E-state index in [9.17, 15) is 14.7 Å². The topological polar surface area (TPSA) is 83.4 Å². The highest BCUT2D eigenvalue weighted by Crippen LogP contribution is 2.33. The minimum absolute atomic E-state index is 0.0289. The number of rotatable bonds is 3. The maximum Gasteiger partial charge on any atom is 0.336 e. The highest BCUT2D eigenvalue weighted by atomic mass is 16.4. The molecule has 3 rings (SSSR count). The highest BCUT2D eigenvalue weighted by molar-refractivity contribution is 5.95. The Kier molecular flexibility index (Phi) is 4.29. The van der Waals surface area contributed by atoms with Gasteiger partial charge in [0.05, 0.1) is 23.0 Å². The molecule has 0 aliphatic carbocycles. The van der Waals surface area contributed by atoms with Crippen molar-refractivity contribution in [2.75, 3.05) is 6.54 Å². The fraction of sp³-hybridized carbons (Fsp3) is 0.333. The lowest BCUT2D eigenvalue weighted by atomic mass is 10.0. The van der Waals surface area contributed by atoms with Crippen LogP contribution in [-0.4, -0.2) is 38.4 Å². The number of hydrogen-bond acceptors (Lipinski definition) is 4. The van der Waals surface area contributed by atoms with E-state index in [0.717, 1.165) is 25.1 Å². The van der Waals surface area contributed by atoms with E-state index in [1.807, 2.05) is 4.90 Å². The van der Waals surface area contributed by atoms with Gasteiger partial charge in [-0.3, -0.25) is 4.79 Å². The average Bonchev–Trinajstić information content (AvgIpc) is 3.04. The van der Waals surface area contributed by atoms with Crippen molar-refractivity contribution in [3.63, 3.8) is 0 Å². The monoisotopic (exact) mass is 325 g/mol. The fourth-order valence-corrected chi connectivity index (χ4v) is 3.24. The van der Waals surface area contributed by atoms with Gasteiger partial charge in [-0.25, -0.2) is 14.8 Å². The van der Waals surface area contributed by atoms with Crippen molar-refractivity contribution in [1.29, 1.82) is 0 Å². The molecule has 124 valence electrons. The minimum Gasteiger partial charge on any atom is -0.478 e. The van der Waals surface area contributed by atoms with Gasteiger partial charge in [0.2, 0.25) is 5.91 Å².